The third-order valence-corrected chi connectivity index (χ3v) is 4.46. The maximum Gasteiger partial charge on any atom is 0.227 e. The highest BCUT2D eigenvalue weighted by Gasteiger charge is 2.40. The molecule has 1 rings (SSSR count). The monoisotopic (exact) mass is 240 g/mol. The lowest BCUT2D eigenvalue weighted by Crippen LogP contribution is -2.51. The summed E-state index contributed by atoms with van der Waals surface area (Å²) in [5, 5.41) is 3.14. The molecular weight excluding hydrogens is 212 g/mol. The standard InChI is InChI=1S/C14H28N2O/c1-10(2)12(4)16-13(17)14(9-15)7-5-11(3)6-8-14/h10-12H,5-9,15H2,1-4H3,(H,16,17). The fourth-order valence-electron chi connectivity index (χ4n) is 2.37. The highest BCUT2D eigenvalue weighted by Crippen LogP contribution is 2.38. The van der Waals surface area contributed by atoms with E-state index in [1.54, 1.807) is 0 Å². The summed E-state index contributed by atoms with van der Waals surface area (Å²) < 4.78 is 0. The van der Waals surface area contributed by atoms with Gasteiger partial charge in [-0.15, -0.1) is 0 Å². The number of carbonyl (C=O) groups excluding carboxylic acids is 1. The van der Waals surface area contributed by atoms with Gasteiger partial charge in [-0.25, -0.2) is 0 Å². The van der Waals surface area contributed by atoms with Gasteiger partial charge in [0.25, 0.3) is 0 Å². The topological polar surface area (TPSA) is 55.1 Å². The first-order valence-corrected chi connectivity index (χ1v) is 6.92. The van der Waals surface area contributed by atoms with Crippen LogP contribution in [0.4, 0.5) is 0 Å². The van der Waals surface area contributed by atoms with Gasteiger partial charge in [0.2, 0.25) is 5.91 Å². The minimum Gasteiger partial charge on any atom is -0.353 e. The molecule has 3 N–H and O–H groups in total. The Morgan fingerprint density at radius 3 is 2.29 bits per heavy atom. The molecule has 0 radical (unpaired) electrons. The summed E-state index contributed by atoms with van der Waals surface area (Å²) in [5.41, 5.74) is 5.58. The Balaban J connectivity index is 2.63. The Hall–Kier alpha value is -0.570. The van der Waals surface area contributed by atoms with E-state index in [9.17, 15) is 4.79 Å². The van der Waals surface area contributed by atoms with Gasteiger partial charge in [-0.3, -0.25) is 4.79 Å². The van der Waals surface area contributed by atoms with Gasteiger partial charge in [-0.2, -0.15) is 0 Å². The van der Waals surface area contributed by atoms with Crippen LogP contribution in [0.25, 0.3) is 0 Å². The van der Waals surface area contributed by atoms with Crippen LogP contribution in [0.1, 0.15) is 53.4 Å². The quantitative estimate of drug-likeness (QED) is 0.792. The molecule has 0 saturated heterocycles. The van der Waals surface area contributed by atoms with Crippen LogP contribution in [-0.4, -0.2) is 18.5 Å². The molecule has 0 aromatic heterocycles. The van der Waals surface area contributed by atoms with Gasteiger partial charge in [0.1, 0.15) is 0 Å². The summed E-state index contributed by atoms with van der Waals surface area (Å²) in [6, 6.07) is 0.227. The zero-order valence-electron chi connectivity index (χ0n) is 11.8. The van der Waals surface area contributed by atoms with E-state index in [4.69, 9.17) is 5.73 Å². The lowest BCUT2D eigenvalue weighted by molar-refractivity contribution is -0.133. The Morgan fingerprint density at radius 1 is 1.35 bits per heavy atom. The Labute approximate surface area is 106 Å². The van der Waals surface area contributed by atoms with Gasteiger partial charge in [0.15, 0.2) is 0 Å². The third-order valence-electron chi connectivity index (χ3n) is 4.46. The SMILES string of the molecule is CC1CCC(CN)(C(=O)NC(C)C(C)C)CC1. The van der Waals surface area contributed by atoms with Crippen LogP contribution in [0.15, 0.2) is 0 Å². The average molecular weight is 240 g/mol. The van der Waals surface area contributed by atoms with E-state index in [0.717, 1.165) is 31.6 Å². The fraction of sp³-hybridized carbons (Fsp3) is 0.929. The van der Waals surface area contributed by atoms with E-state index in [-0.39, 0.29) is 17.4 Å². The Kier molecular flexibility index (Phi) is 4.99. The maximum atomic E-state index is 12.4. The number of nitrogens with two attached hydrogens (primary N) is 1. The van der Waals surface area contributed by atoms with Crippen LogP contribution in [0.2, 0.25) is 0 Å². The second kappa shape index (κ2) is 5.85. The average Bonchev–Trinajstić information content (AvgIpc) is 2.30. The molecule has 3 nitrogen and oxygen atoms in total. The molecule has 0 heterocycles. The van der Waals surface area contributed by atoms with Crippen molar-refractivity contribution in [2.75, 3.05) is 6.54 Å². The molecule has 1 fully saturated rings. The van der Waals surface area contributed by atoms with Crippen molar-refractivity contribution in [3.63, 3.8) is 0 Å². The van der Waals surface area contributed by atoms with Crippen LogP contribution in [0.3, 0.4) is 0 Å². The van der Waals surface area contributed by atoms with Crippen molar-refractivity contribution in [2.45, 2.75) is 59.4 Å². The summed E-state index contributed by atoms with van der Waals surface area (Å²) in [6.07, 6.45) is 4.14. The van der Waals surface area contributed by atoms with E-state index >= 15 is 0 Å². The van der Waals surface area contributed by atoms with Crippen LogP contribution >= 0.6 is 0 Å². The summed E-state index contributed by atoms with van der Waals surface area (Å²) in [6.45, 7) is 9.07. The highest BCUT2D eigenvalue weighted by molar-refractivity contribution is 5.83. The molecule has 0 aromatic carbocycles. The summed E-state index contributed by atoms with van der Waals surface area (Å²) in [7, 11) is 0. The first-order chi connectivity index (χ1) is 7.91. The minimum atomic E-state index is -0.296. The number of amides is 1. The zero-order chi connectivity index (χ0) is 13.1. The molecular formula is C14H28N2O. The summed E-state index contributed by atoms with van der Waals surface area (Å²) in [5.74, 6) is 1.38. The van der Waals surface area contributed by atoms with E-state index in [1.165, 1.54) is 0 Å². The molecule has 3 heteroatoms. The highest BCUT2D eigenvalue weighted by atomic mass is 16.2. The molecule has 100 valence electrons. The van der Waals surface area contributed by atoms with Crippen molar-refractivity contribution in [2.24, 2.45) is 23.0 Å². The maximum absolute atomic E-state index is 12.4. The van der Waals surface area contributed by atoms with Crippen LogP contribution in [0, 0.1) is 17.3 Å². The van der Waals surface area contributed by atoms with Gasteiger partial charge in [-0.05, 0) is 44.4 Å². The predicted octanol–water partition coefficient (Wildman–Crippen LogP) is 2.30. The van der Waals surface area contributed by atoms with Gasteiger partial charge in [0.05, 0.1) is 5.41 Å². The number of hydrogen-bond acceptors (Lipinski definition) is 2. The van der Waals surface area contributed by atoms with Gasteiger partial charge in [-0.1, -0.05) is 20.8 Å². The first-order valence-electron chi connectivity index (χ1n) is 6.92. The van der Waals surface area contributed by atoms with Crippen molar-refractivity contribution in [3.05, 3.63) is 0 Å². The summed E-state index contributed by atoms with van der Waals surface area (Å²) in [4.78, 5) is 12.4. The number of nitrogens with one attached hydrogen (secondary N) is 1. The molecule has 17 heavy (non-hydrogen) atoms. The zero-order valence-corrected chi connectivity index (χ0v) is 11.8. The number of rotatable bonds is 4. The lowest BCUT2D eigenvalue weighted by atomic mass is 9.70. The first kappa shape index (κ1) is 14.5. The molecule has 0 aromatic rings. The Bertz CT molecular complexity index is 255. The molecule has 0 aliphatic heterocycles. The van der Waals surface area contributed by atoms with E-state index < -0.39 is 0 Å². The van der Waals surface area contributed by atoms with Crippen LogP contribution < -0.4 is 11.1 Å². The Morgan fingerprint density at radius 2 is 1.88 bits per heavy atom. The van der Waals surface area contributed by atoms with Gasteiger partial charge < -0.3 is 11.1 Å². The van der Waals surface area contributed by atoms with Gasteiger partial charge in [0, 0.05) is 12.6 Å². The molecule has 0 bridgehead atoms. The molecule has 1 unspecified atom stereocenters. The second-order valence-electron chi connectivity index (χ2n) is 6.17. The van der Waals surface area contributed by atoms with E-state index in [0.29, 0.717) is 12.5 Å². The second-order valence-corrected chi connectivity index (χ2v) is 6.17. The molecule has 1 amide bonds. The van der Waals surface area contributed by atoms with E-state index in [1.807, 2.05) is 0 Å². The van der Waals surface area contributed by atoms with Crippen LogP contribution in [-0.2, 0) is 4.79 Å². The largest absolute Gasteiger partial charge is 0.353 e. The van der Waals surface area contributed by atoms with Crippen molar-refractivity contribution in [3.8, 4) is 0 Å². The minimum absolute atomic E-state index is 0.174. The molecule has 1 saturated carbocycles. The lowest BCUT2D eigenvalue weighted by Gasteiger charge is -2.38. The number of carbonyl (C=O) groups is 1. The van der Waals surface area contributed by atoms with Crippen molar-refractivity contribution >= 4 is 5.91 Å². The molecule has 1 aliphatic rings. The normalized spacial score (nSPS) is 31.3. The van der Waals surface area contributed by atoms with Crippen molar-refractivity contribution in [1.82, 2.24) is 5.32 Å². The van der Waals surface area contributed by atoms with Crippen molar-refractivity contribution < 1.29 is 4.79 Å². The van der Waals surface area contributed by atoms with E-state index in [2.05, 4.69) is 33.0 Å². The molecule has 0 spiro atoms. The predicted molar refractivity (Wildman–Crippen MR) is 71.6 cm³/mol. The summed E-state index contributed by atoms with van der Waals surface area (Å²) >= 11 is 0. The smallest absolute Gasteiger partial charge is 0.227 e. The van der Waals surface area contributed by atoms with Crippen LogP contribution in [0.5, 0.6) is 0 Å². The van der Waals surface area contributed by atoms with Gasteiger partial charge >= 0.3 is 0 Å². The number of hydrogen-bond donors (Lipinski definition) is 2. The molecule has 1 aliphatic carbocycles. The third kappa shape index (κ3) is 3.44. The van der Waals surface area contributed by atoms with Crippen molar-refractivity contribution in [1.29, 1.82) is 0 Å². The fourth-order valence-corrected chi connectivity index (χ4v) is 2.37. The molecule has 1 atom stereocenters.